The fourth-order valence-corrected chi connectivity index (χ4v) is 4.63. The molecular weight excluding hydrogens is 436 g/mol. The lowest BCUT2D eigenvalue weighted by molar-refractivity contribution is -0.115. The van der Waals surface area contributed by atoms with Crippen LogP contribution in [0.2, 0.25) is 5.02 Å². The summed E-state index contributed by atoms with van der Waals surface area (Å²) in [6.07, 6.45) is 2.43. The van der Waals surface area contributed by atoms with Crippen molar-refractivity contribution in [2.45, 2.75) is 37.1 Å². The monoisotopic (exact) mass is 454 g/mol. The van der Waals surface area contributed by atoms with Crippen LogP contribution in [0, 0.1) is 0 Å². The molecule has 9 heteroatoms. The third-order valence-electron chi connectivity index (χ3n) is 5.23. The standard InChI is InChI=1S/C22H19ClN4O3S/c23-16-3-1-2-4-19(16)30-11-20-25-26-22(27(20)15-6-7-15)31-12-18(28)13-5-8-17-14(9-13)10-21(29)24-17/h1-5,8-9,15H,6-7,10-12H2,(H,24,29). The summed E-state index contributed by atoms with van der Waals surface area (Å²) in [6.45, 7) is 0.258. The van der Waals surface area contributed by atoms with Gasteiger partial charge in [-0.3, -0.25) is 14.2 Å². The van der Waals surface area contributed by atoms with Crippen molar-refractivity contribution in [3.63, 3.8) is 0 Å². The van der Waals surface area contributed by atoms with Crippen LogP contribution >= 0.6 is 23.4 Å². The number of aromatic nitrogens is 3. The maximum atomic E-state index is 12.7. The Labute approximate surface area is 188 Å². The van der Waals surface area contributed by atoms with Gasteiger partial charge in [0, 0.05) is 17.3 Å². The lowest BCUT2D eigenvalue weighted by Crippen LogP contribution is -2.08. The van der Waals surface area contributed by atoms with Gasteiger partial charge in [0.25, 0.3) is 0 Å². The summed E-state index contributed by atoms with van der Waals surface area (Å²) in [5.41, 5.74) is 2.24. The van der Waals surface area contributed by atoms with Crippen LogP contribution in [0.5, 0.6) is 5.75 Å². The van der Waals surface area contributed by atoms with Gasteiger partial charge in [0.15, 0.2) is 16.8 Å². The highest BCUT2D eigenvalue weighted by atomic mass is 35.5. The number of hydrogen-bond donors (Lipinski definition) is 1. The number of halogens is 1. The number of anilines is 1. The molecule has 1 aliphatic carbocycles. The van der Waals surface area contributed by atoms with Crippen molar-refractivity contribution < 1.29 is 14.3 Å². The molecule has 31 heavy (non-hydrogen) atoms. The molecule has 1 saturated carbocycles. The molecule has 158 valence electrons. The Morgan fingerprint density at radius 3 is 2.87 bits per heavy atom. The molecule has 2 heterocycles. The maximum absolute atomic E-state index is 12.7. The van der Waals surface area contributed by atoms with E-state index in [0.29, 0.717) is 34.0 Å². The van der Waals surface area contributed by atoms with Crippen LogP contribution in [0.15, 0.2) is 47.6 Å². The van der Waals surface area contributed by atoms with Crippen LogP contribution in [0.3, 0.4) is 0 Å². The zero-order valence-electron chi connectivity index (χ0n) is 16.5. The highest BCUT2D eigenvalue weighted by Gasteiger charge is 2.30. The molecule has 0 radical (unpaired) electrons. The maximum Gasteiger partial charge on any atom is 0.228 e. The summed E-state index contributed by atoms with van der Waals surface area (Å²) in [7, 11) is 0. The number of ether oxygens (including phenoxy) is 1. The van der Waals surface area contributed by atoms with Gasteiger partial charge in [-0.05, 0) is 48.7 Å². The summed E-state index contributed by atoms with van der Waals surface area (Å²) < 4.78 is 7.91. The number of benzene rings is 2. The number of hydrogen-bond acceptors (Lipinski definition) is 6. The molecule has 0 atom stereocenters. The number of carbonyl (C=O) groups is 2. The number of fused-ring (bicyclic) bond motifs is 1. The normalized spacial score (nSPS) is 14.9. The first-order valence-corrected chi connectivity index (χ1v) is 11.3. The summed E-state index contributed by atoms with van der Waals surface area (Å²) in [5.74, 6) is 1.52. The predicted octanol–water partition coefficient (Wildman–Crippen LogP) is 4.32. The van der Waals surface area contributed by atoms with Crippen LogP contribution in [0.1, 0.15) is 40.6 Å². The molecular formula is C22H19ClN4O3S. The van der Waals surface area contributed by atoms with Gasteiger partial charge in [-0.2, -0.15) is 0 Å². The molecule has 0 unspecified atom stereocenters. The number of ketones is 1. The summed E-state index contributed by atoms with van der Waals surface area (Å²) in [4.78, 5) is 24.3. The minimum atomic E-state index is -0.0435. The van der Waals surface area contributed by atoms with E-state index in [-0.39, 0.29) is 24.1 Å². The van der Waals surface area contributed by atoms with Gasteiger partial charge in [0.1, 0.15) is 12.4 Å². The third kappa shape index (κ3) is 4.31. The smallest absolute Gasteiger partial charge is 0.228 e. The Morgan fingerprint density at radius 1 is 1.23 bits per heavy atom. The zero-order valence-corrected chi connectivity index (χ0v) is 18.1. The van der Waals surface area contributed by atoms with Gasteiger partial charge in [-0.25, -0.2) is 0 Å². The van der Waals surface area contributed by atoms with Crippen molar-refractivity contribution in [2.75, 3.05) is 11.1 Å². The zero-order chi connectivity index (χ0) is 21.4. The Hall–Kier alpha value is -2.84. The number of rotatable bonds is 8. The molecule has 0 saturated heterocycles. The quantitative estimate of drug-likeness (QED) is 0.403. The molecule has 2 aromatic carbocycles. The average Bonchev–Trinajstić information content (AvgIpc) is 3.41. The van der Waals surface area contributed by atoms with Gasteiger partial charge in [0.2, 0.25) is 5.91 Å². The van der Waals surface area contributed by atoms with Gasteiger partial charge in [0.05, 0.1) is 17.2 Å². The van der Waals surface area contributed by atoms with Gasteiger partial charge < -0.3 is 10.1 Å². The minimum Gasteiger partial charge on any atom is -0.484 e. The molecule has 0 bridgehead atoms. The van der Waals surface area contributed by atoms with Crippen molar-refractivity contribution >= 4 is 40.7 Å². The van der Waals surface area contributed by atoms with Crippen LogP contribution in [0.4, 0.5) is 5.69 Å². The SMILES string of the molecule is O=C1Cc2cc(C(=O)CSc3nnc(COc4ccccc4Cl)n3C3CC3)ccc2N1. The van der Waals surface area contributed by atoms with E-state index in [0.717, 1.165) is 29.9 Å². The molecule has 7 nitrogen and oxygen atoms in total. The number of nitrogens with one attached hydrogen (secondary N) is 1. The second kappa shape index (κ2) is 8.36. The van der Waals surface area contributed by atoms with Crippen molar-refractivity contribution in [3.8, 4) is 5.75 Å². The van der Waals surface area contributed by atoms with Crippen LogP contribution in [-0.4, -0.2) is 32.2 Å². The van der Waals surface area contributed by atoms with Crippen molar-refractivity contribution in [2.24, 2.45) is 0 Å². The largest absolute Gasteiger partial charge is 0.484 e. The van der Waals surface area contributed by atoms with Gasteiger partial charge >= 0.3 is 0 Å². The lowest BCUT2D eigenvalue weighted by Gasteiger charge is -2.10. The van der Waals surface area contributed by atoms with Crippen molar-refractivity contribution in [3.05, 3.63) is 64.4 Å². The number of thioether (sulfide) groups is 1. The molecule has 1 aliphatic heterocycles. The minimum absolute atomic E-state index is 0.00800. The predicted molar refractivity (Wildman–Crippen MR) is 118 cm³/mol. The molecule has 1 N–H and O–H groups in total. The van der Waals surface area contributed by atoms with Crippen LogP contribution in [-0.2, 0) is 17.8 Å². The Morgan fingerprint density at radius 2 is 2.06 bits per heavy atom. The summed E-state index contributed by atoms with van der Waals surface area (Å²) in [5, 5.41) is 12.6. The van der Waals surface area contributed by atoms with E-state index >= 15 is 0 Å². The first-order valence-electron chi connectivity index (χ1n) is 9.98. The van der Waals surface area contributed by atoms with E-state index in [1.165, 1.54) is 11.8 Å². The Bertz CT molecular complexity index is 1180. The number of para-hydroxylation sites is 1. The summed E-state index contributed by atoms with van der Waals surface area (Å²) >= 11 is 7.54. The highest BCUT2D eigenvalue weighted by molar-refractivity contribution is 7.99. The highest BCUT2D eigenvalue weighted by Crippen LogP contribution is 2.39. The molecule has 3 aromatic rings. The molecule has 1 aromatic heterocycles. The average molecular weight is 455 g/mol. The first-order chi connectivity index (χ1) is 15.1. The summed E-state index contributed by atoms with van der Waals surface area (Å²) in [6, 6.07) is 13.0. The molecule has 1 fully saturated rings. The Balaban J connectivity index is 1.27. The Kier molecular flexibility index (Phi) is 5.41. The molecule has 5 rings (SSSR count). The van der Waals surface area contributed by atoms with Crippen LogP contribution in [0.25, 0.3) is 0 Å². The lowest BCUT2D eigenvalue weighted by atomic mass is 10.1. The van der Waals surface area contributed by atoms with Crippen molar-refractivity contribution in [1.82, 2.24) is 14.8 Å². The molecule has 2 aliphatic rings. The van der Waals surface area contributed by atoms with E-state index in [4.69, 9.17) is 16.3 Å². The molecule has 1 amide bonds. The van der Waals surface area contributed by atoms with E-state index in [1.54, 1.807) is 24.3 Å². The fraction of sp³-hybridized carbons (Fsp3) is 0.273. The second-order valence-electron chi connectivity index (χ2n) is 7.53. The van der Waals surface area contributed by atoms with Crippen molar-refractivity contribution in [1.29, 1.82) is 0 Å². The fourth-order valence-electron chi connectivity index (χ4n) is 3.52. The molecule has 0 spiro atoms. The first kappa shape index (κ1) is 20.1. The number of amides is 1. The van der Waals surface area contributed by atoms with E-state index in [2.05, 4.69) is 20.1 Å². The third-order valence-corrected chi connectivity index (χ3v) is 6.48. The van der Waals surface area contributed by atoms with Crippen LogP contribution < -0.4 is 10.1 Å². The number of carbonyl (C=O) groups excluding carboxylic acids is 2. The van der Waals surface area contributed by atoms with Gasteiger partial charge in [-0.1, -0.05) is 35.5 Å². The van der Waals surface area contributed by atoms with E-state index < -0.39 is 0 Å². The number of Topliss-reactive ketones (excluding diaryl/α,β-unsaturated/α-hetero) is 1. The van der Waals surface area contributed by atoms with Gasteiger partial charge in [-0.15, -0.1) is 10.2 Å². The number of nitrogens with zero attached hydrogens (tertiary/aromatic N) is 3. The van der Waals surface area contributed by atoms with E-state index in [1.807, 2.05) is 18.2 Å². The topological polar surface area (TPSA) is 86.1 Å². The second-order valence-corrected chi connectivity index (χ2v) is 8.88. The van der Waals surface area contributed by atoms with E-state index in [9.17, 15) is 9.59 Å².